The lowest BCUT2D eigenvalue weighted by atomic mass is 10.1. The van der Waals surface area contributed by atoms with Gasteiger partial charge in [0.2, 0.25) is 0 Å². The molecule has 0 saturated heterocycles. The summed E-state index contributed by atoms with van der Waals surface area (Å²) in [6.07, 6.45) is 2.26. The van der Waals surface area contributed by atoms with Crippen LogP contribution in [-0.4, -0.2) is 33.3 Å². The van der Waals surface area contributed by atoms with Crippen molar-refractivity contribution in [1.82, 2.24) is 0 Å². The van der Waals surface area contributed by atoms with E-state index in [9.17, 15) is 10.1 Å². The zero-order valence-corrected chi connectivity index (χ0v) is 18.7. The van der Waals surface area contributed by atoms with E-state index >= 15 is 0 Å². The highest BCUT2D eigenvalue weighted by atomic mass is 35.5. The van der Waals surface area contributed by atoms with Crippen molar-refractivity contribution in [2.45, 2.75) is 20.3 Å². The van der Waals surface area contributed by atoms with Crippen molar-refractivity contribution in [1.29, 1.82) is 5.26 Å². The summed E-state index contributed by atoms with van der Waals surface area (Å²) in [5.74, 6) is 1.30. The highest BCUT2D eigenvalue weighted by Gasteiger charge is 2.15. The van der Waals surface area contributed by atoms with Crippen LogP contribution in [0.1, 0.15) is 25.8 Å². The number of nitrogens with one attached hydrogen (secondary N) is 1. The zero-order valence-electron chi connectivity index (χ0n) is 18.0. The normalized spacial score (nSPS) is 10.8. The minimum Gasteiger partial charge on any atom is -0.493 e. The van der Waals surface area contributed by atoms with Gasteiger partial charge < -0.3 is 24.3 Å². The number of nitrogens with zero attached hydrogens (tertiary/aromatic N) is 1. The number of carbonyl (C=O) groups excluding carboxylic acids is 1. The molecule has 8 heteroatoms. The maximum atomic E-state index is 12.6. The van der Waals surface area contributed by atoms with E-state index in [0.717, 1.165) is 6.42 Å². The number of methoxy groups -OCH3 is 2. The lowest BCUT2D eigenvalue weighted by molar-refractivity contribution is -0.112. The first-order valence-corrected chi connectivity index (χ1v) is 10.1. The predicted molar refractivity (Wildman–Crippen MR) is 120 cm³/mol. The van der Waals surface area contributed by atoms with Crippen LogP contribution in [0.25, 0.3) is 6.08 Å². The second kappa shape index (κ2) is 11.7. The third-order valence-corrected chi connectivity index (χ3v) is 4.38. The summed E-state index contributed by atoms with van der Waals surface area (Å²) in [5, 5.41) is 12.5. The fourth-order valence-electron chi connectivity index (χ4n) is 2.71. The van der Waals surface area contributed by atoms with Crippen molar-refractivity contribution in [3.8, 4) is 29.1 Å². The molecule has 0 bridgehead atoms. The molecule has 1 N–H and O–H groups in total. The molecule has 0 aliphatic heterocycles. The van der Waals surface area contributed by atoms with Gasteiger partial charge in [-0.3, -0.25) is 4.79 Å². The molecular formula is C23H25ClN2O5. The molecule has 31 heavy (non-hydrogen) atoms. The van der Waals surface area contributed by atoms with Gasteiger partial charge in [-0.15, -0.1) is 0 Å². The lowest BCUT2D eigenvalue weighted by Crippen LogP contribution is -2.13. The number of anilines is 1. The molecule has 0 fully saturated rings. The Kier molecular flexibility index (Phi) is 9.04. The van der Waals surface area contributed by atoms with Crippen LogP contribution in [0.5, 0.6) is 23.0 Å². The Bertz CT molecular complexity index is 998. The van der Waals surface area contributed by atoms with E-state index in [2.05, 4.69) is 5.32 Å². The van der Waals surface area contributed by atoms with Crippen LogP contribution in [0, 0.1) is 11.3 Å². The molecule has 7 nitrogen and oxygen atoms in total. The van der Waals surface area contributed by atoms with Gasteiger partial charge in [-0.25, -0.2) is 0 Å². The summed E-state index contributed by atoms with van der Waals surface area (Å²) >= 11 is 6.36. The molecule has 0 aliphatic rings. The predicted octanol–water partition coefficient (Wildman–Crippen LogP) is 5.09. The van der Waals surface area contributed by atoms with E-state index in [0.29, 0.717) is 52.5 Å². The van der Waals surface area contributed by atoms with Gasteiger partial charge in [0.25, 0.3) is 5.91 Å². The number of carbonyl (C=O) groups is 1. The Hall–Kier alpha value is -3.37. The van der Waals surface area contributed by atoms with E-state index in [1.54, 1.807) is 30.3 Å². The highest BCUT2D eigenvalue weighted by molar-refractivity contribution is 6.32. The molecule has 2 aromatic carbocycles. The van der Waals surface area contributed by atoms with Gasteiger partial charge in [0.15, 0.2) is 23.0 Å². The molecule has 0 spiro atoms. The van der Waals surface area contributed by atoms with Crippen molar-refractivity contribution in [2.24, 2.45) is 0 Å². The van der Waals surface area contributed by atoms with Crippen molar-refractivity contribution >= 4 is 29.3 Å². The van der Waals surface area contributed by atoms with Crippen molar-refractivity contribution in [2.75, 3.05) is 32.8 Å². The second-order valence-corrected chi connectivity index (χ2v) is 6.71. The topological polar surface area (TPSA) is 89.8 Å². The van der Waals surface area contributed by atoms with Crippen molar-refractivity contribution in [3.05, 3.63) is 46.5 Å². The monoisotopic (exact) mass is 444 g/mol. The summed E-state index contributed by atoms with van der Waals surface area (Å²) < 4.78 is 21.7. The standard InChI is InChI=1S/C23H25ClN2O5/c1-5-9-31-22-18(24)11-15(12-21(22)30-6-2)10-16(14-25)23(27)26-17-7-8-19(28-3)20(13-17)29-4/h7-8,10-13H,5-6,9H2,1-4H3,(H,26,27)/b16-10+. The molecule has 2 aromatic rings. The molecular weight excluding hydrogens is 420 g/mol. The Morgan fingerprint density at radius 1 is 1.10 bits per heavy atom. The molecule has 0 atom stereocenters. The van der Waals surface area contributed by atoms with Gasteiger partial charge >= 0.3 is 0 Å². The summed E-state index contributed by atoms with van der Waals surface area (Å²) in [5.41, 5.74) is 0.895. The van der Waals surface area contributed by atoms with Gasteiger partial charge in [-0.1, -0.05) is 18.5 Å². The van der Waals surface area contributed by atoms with Crippen molar-refractivity contribution in [3.63, 3.8) is 0 Å². The Labute approximate surface area is 187 Å². The summed E-state index contributed by atoms with van der Waals surface area (Å²) in [4.78, 5) is 12.6. The molecule has 0 radical (unpaired) electrons. The van der Waals surface area contributed by atoms with E-state index in [1.807, 2.05) is 19.9 Å². The third kappa shape index (κ3) is 6.30. The number of hydrogen-bond acceptors (Lipinski definition) is 6. The minimum atomic E-state index is -0.574. The van der Waals surface area contributed by atoms with Crippen LogP contribution in [0.3, 0.4) is 0 Å². The number of halogens is 1. The molecule has 0 aromatic heterocycles. The molecule has 164 valence electrons. The van der Waals surface area contributed by atoms with Crippen LogP contribution < -0.4 is 24.3 Å². The molecule has 1 amide bonds. The first-order valence-electron chi connectivity index (χ1n) is 9.71. The van der Waals surface area contributed by atoms with E-state index in [4.69, 9.17) is 30.5 Å². The fourth-order valence-corrected chi connectivity index (χ4v) is 2.98. The zero-order chi connectivity index (χ0) is 22.8. The number of hydrogen-bond donors (Lipinski definition) is 1. The SMILES string of the molecule is CCCOc1c(Cl)cc(/C=C(\C#N)C(=O)Nc2ccc(OC)c(OC)c2)cc1OCC. The third-order valence-electron chi connectivity index (χ3n) is 4.10. The molecule has 0 heterocycles. The smallest absolute Gasteiger partial charge is 0.266 e. The van der Waals surface area contributed by atoms with Crippen LogP contribution in [0.15, 0.2) is 35.9 Å². The van der Waals surface area contributed by atoms with E-state index in [1.165, 1.54) is 20.3 Å². The largest absolute Gasteiger partial charge is 0.493 e. The number of nitriles is 1. The van der Waals surface area contributed by atoms with Crippen LogP contribution in [-0.2, 0) is 4.79 Å². The van der Waals surface area contributed by atoms with Crippen molar-refractivity contribution < 1.29 is 23.7 Å². The molecule has 0 aliphatic carbocycles. The van der Waals surface area contributed by atoms with Crippen LogP contribution >= 0.6 is 11.6 Å². The fraction of sp³-hybridized carbons (Fsp3) is 0.304. The van der Waals surface area contributed by atoms with Gasteiger partial charge in [0, 0.05) is 11.8 Å². The van der Waals surface area contributed by atoms with E-state index < -0.39 is 5.91 Å². The van der Waals surface area contributed by atoms with Gasteiger partial charge in [-0.2, -0.15) is 5.26 Å². The highest BCUT2D eigenvalue weighted by Crippen LogP contribution is 2.37. The number of amides is 1. The summed E-state index contributed by atoms with van der Waals surface area (Å²) in [6, 6.07) is 10.1. The van der Waals surface area contributed by atoms with Gasteiger partial charge in [0.1, 0.15) is 11.6 Å². The maximum Gasteiger partial charge on any atom is 0.266 e. The van der Waals surface area contributed by atoms with Crippen LogP contribution in [0.2, 0.25) is 5.02 Å². The number of benzene rings is 2. The quantitative estimate of drug-likeness (QED) is 0.405. The molecule has 0 saturated carbocycles. The minimum absolute atomic E-state index is 0.101. The average molecular weight is 445 g/mol. The molecule has 0 unspecified atom stereocenters. The number of rotatable bonds is 10. The van der Waals surface area contributed by atoms with Gasteiger partial charge in [0.05, 0.1) is 32.5 Å². The lowest BCUT2D eigenvalue weighted by Gasteiger charge is -2.14. The Morgan fingerprint density at radius 3 is 2.45 bits per heavy atom. The number of ether oxygens (including phenoxy) is 4. The van der Waals surface area contributed by atoms with Crippen LogP contribution in [0.4, 0.5) is 5.69 Å². The average Bonchev–Trinajstić information content (AvgIpc) is 2.76. The summed E-state index contributed by atoms with van der Waals surface area (Å²) in [7, 11) is 3.02. The maximum absolute atomic E-state index is 12.6. The Balaban J connectivity index is 2.32. The summed E-state index contributed by atoms with van der Waals surface area (Å²) in [6.45, 7) is 4.74. The van der Waals surface area contributed by atoms with E-state index in [-0.39, 0.29) is 5.57 Å². The first-order chi connectivity index (χ1) is 15.0. The second-order valence-electron chi connectivity index (χ2n) is 6.31. The molecule has 2 rings (SSSR count). The Morgan fingerprint density at radius 2 is 1.84 bits per heavy atom. The first kappa shape index (κ1) is 23.9. The van der Waals surface area contributed by atoms with Gasteiger partial charge in [-0.05, 0) is 49.2 Å².